The van der Waals surface area contributed by atoms with Crippen LogP contribution in [-0.2, 0) is 0 Å². The first-order valence-corrected chi connectivity index (χ1v) is 8.45. The molecule has 0 saturated heterocycles. The molecular formula is C20H20N4O3. The number of nitrogens with one attached hydrogen (secondary N) is 2. The highest BCUT2D eigenvalue weighted by atomic mass is 16.5. The normalized spacial score (nSPS) is 11.5. The molecule has 138 valence electrons. The molecule has 2 N–H and O–H groups in total. The van der Waals surface area contributed by atoms with Crippen LogP contribution in [0.5, 0.6) is 0 Å². The molecular weight excluding hydrogens is 344 g/mol. The number of nitrogens with zero attached hydrogens (tertiary/aromatic N) is 2. The zero-order chi connectivity index (χ0) is 19.2. The summed E-state index contributed by atoms with van der Waals surface area (Å²) >= 11 is 0. The summed E-state index contributed by atoms with van der Waals surface area (Å²) < 4.78 is 4.77. The molecule has 0 bridgehead atoms. The summed E-state index contributed by atoms with van der Waals surface area (Å²) in [6.07, 6.45) is 1.45. The van der Waals surface area contributed by atoms with Gasteiger partial charge >= 0.3 is 6.03 Å². The van der Waals surface area contributed by atoms with Gasteiger partial charge in [-0.3, -0.25) is 4.79 Å². The van der Waals surface area contributed by atoms with Gasteiger partial charge in [0.15, 0.2) is 0 Å². The van der Waals surface area contributed by atoms with E-state index in [4.69, 9.17) is 4.52 Å². The summed E-state index contributed by atoms with van der Waals surface area (Å²) in [7, 11) is 1.71. The van der Waals surface area contributed by atoms with E-state index in [1.54, 1.807) is 49.2 Å². The monoisotopic (exact) mass is 364 g/mol. The number of rotatable bonds is 5. The fourth-order valence-corrected chi connectivity index (χ4v) is 2.58. The molecule has 0 aliphatic carbocycles. The molecule has 1 unspecified atom stereocenters. The number of benzene rings is 2. The van der Waals surface area contributed by atoms with E-state index in [1.165, 1.54) is 6.26 Å². The largest absolute Gasteiger partial charge is 0.364 e. The third-order valence-electron chi connectivity index (χ3n) is 4.06. The summed E-state index contributed by atoms with van der Waals surface area (Å²) in [6, 6.07) is 17.1. The van der Waals surface area contributed by atoms with Gasteiger partial charge in [-0.15, -0.1) is 0 Å². The fraction of sp³-hybridized carbons (Fsp3) is 0.150. The Kier molecular flexibility index (Phi) is 5.51. The molecule has 0 fully saturated rings. The predicted octanol–water partition coefficient (Wildman–Crippen LogP) is 3.83. The number of hydrogen-bond donors (Lipinski definition) is 2. The lowest BCUT2D eigenvalue weighted by molar-refractivity contribution is 0.0993. The Labute approximate surface area is 157 Å². The molecule has 1 atom stereocenters. The average Bonchev–Trinajstić information content (AvgIpc) is 3.22. The van der Waals surface area contributed by atoms with Crippen molar-refractivity contribution in [1.29, 1.82) is 0 Å². The zero-order valence-corrected chi connectivity index (χ0v) is 15.0. The van der Waals surface area contributed by atoms with E-state index in [0.717, 1.165) is 5.69 Å². The van der Waals surface area contributed by atoms with Crippen LogP contribution >= 0.6 is 0 Å². The predicted molar refractivity (Wildman–Crippen MR) is 103 cm³/mol. The van der Waals surface area contributed by atoms with Gasteiger partial charge in [-0.2, -0.15) is 0 Å². The second kappa shape index (κ2) is 8.18. The van der Waals surface area contributed by atoms with Gasteiger partial charge in [0.2, 0.25) is 0 Å². The number of carbonyl (C=O) groups is 2. The molecule has 0 radical (unpaired) electrons. The SMILES string of the molecule is CC(NC(=O)Nc1cccc(C(=O)N(C)c2ccccc2)c1)c1ccon1. The highest BCUT2D eigenvalue weighted by molar-refractivity contribution is 6.06. The van der Waals surface area contributed by atoms with Crippen molar-refractivity contribution in [2.24, 2.45) is 0 Å². The maximum Gasteiger partial charge on any atom is 0.319 e. The minimum atomic E-state index is -0.397. The van der Waals surface area contributed by atoms with Gasteiger partial charge < -0.3 is 20.1 Å². The highest BCUT2D eigenvalue weighted by Crippen LogP contribution is 2.17. The van der Waals surface area contributed by atoms with Gasteiger partial charge in [0.1, 0.15) is 12.0 Å². The van der Waals surface area contributed by atoms with Crippen LogP contribution in [0.4, 0.5) is 16.2 Å². The third kappa shape index (κ3) is 4.52. The lowest BCUT2D eigenvalue weighted by Crippen LogP contribution is -2.31. The van der Waals surface area contributed by atoms with Crippen molar-refractivity contribution in [3.63, 3.8) is 0 Å². The molecule has 27 heavy (non-hydrogen) atoms. The Hall–Kier alpha value is -3.61. The number of para-hydroxylation sites is 1. The number of amides is 3. The van der Waals surface area contributed by atoms with Gasteiger partial charge in [0.05, 0.1) is 6.04 Å². The average molecular weight is 364 g/mol. The summed E-state index contributed by atoms with van der Waals surface area (Å²) in [5.74, 6) is -0.166. The van der Waals surface area contributed by atoms with Gasteiger partial charge in [0, 0.05) is 30.1 Å². The van der Waals surface area contributed by atoms with Gasteiger partial charge in [0.25, 0.3) is 5.91 Å². The Balaban J connectivity index is 1.66. The summed E-state index contributed by atoms with van der Waals surface area (Å²) in [5.41, 5.74) is 2.41. The molecule has 0 saturated carbocycles. The lowest BCUT2D eigenvalue weighted by atomic mass is 10.1. The molecule has 0 spiro atoms. The van der Waals surface area contributed by atoms with Gasteiger partial charge in [-0.25, -0.2) is 4.79 Å². The van der Waals surface area contributed by atoms with Crippen LogP contribution < -0.4 is 15.5 Å². The first-order chi connectivity index (χ1) is 13.0. The maximum absolute atomic E-state index is 12.7. The number of anilines is 2. The van der Waals surface area contributed by atoms with Crippen LogP contribution in [0.25, 0.3) is 0 Å². The Morgan fingerprint density at radius 1 is 1.07 bits per heavy atom. The van der Waals surface area contributed by atoms with E-state index in [1.807, 2.05) is 30.3 Å². The minimum absolute atomic E-state index is 0.166. The quantitative estimate of drug-likeness (QED) is 0.720. The summed E-state index contributed by atoms with van der Waals surface area (Å²) in [4.78, 5) is 26.4. The van der Waals surface area contributed by atoms with Crippen molar-refractivity contribution in [2.45, 2.75) is 13.0 Å². The second-order valence-corrected chi connectivity index (χ2v) is 6.02. The molecule has 1 heterocycles. The third-order valence-corrected chi connectivity index (χ3v) is 4.06. The minimum Gasteiger partial charge on any atom is -0.364 e. The first-order valence-electron chi connectivity index (χ1n) is 8.45. The second-order valence-electron chi connectivity index (χ2n) is 6.02. The van der Waals surface area contributed by atoms with Crippen molar-refractivity contribution >= 4 is 23.3 Å². The van der Waals surface area contributed by atoms with Crippen molar-refractivity contribution in [1.82, 2.24) is 10.5 Å². The number of aromatic nitrogens is 1. The maximum atomic E-state index is 12.7. The molecule has 0 aliphatic rings. The summed E-state index contributed by atoms with van der Waals surface area (Å²) in [5, 5.41) is 9.28. The lowest BCUT2D eigenvalue weighted by Gasteiger charge is -2.18. The molecule has 3 aromatic rings. The van der Waals surface area contributed by atoms with E-state index >= 15 is 0 Å². The van der Waals surface area contributed by atoms with E-state index < -0.39 is 6.03 Å². The van der Waals surface area contributed by atoms with Crippen molar-refractivity contribution < 1.29 is 14.1 Å². The van der Waals surface area contributed by atoms with E-state index in [-0.39, 0.29) is 11.9 Å². The summed E-state index contributed by atoms with van der Waals surface area (Å²) in [6.45, 7) is 1.80. The standard InChI is InChI=1S/C20H20N4O3/c1-14(18-11-12-27-23-18)21-20(26)22-16-8-6-7-15(13-16)19(25)24(2)17-9-4-3-5-10-17/h3-14H,1-2H3,(H2,21,22,26). The van der Waals surface area contributed by atoms with Crippen molar-refractivity contribution in [3.05, 3.63) is 78.2 Å². The molecule has 0 aliphatic heterocycles. The molecule has 7 heteroatoms. The Bertz CT molecular complexity index is 910. The number of hydrogen-bond acceptors (Lipinski definition) is 4. The Morgan fingerprint density at radius 2 is 1.85 bits per heavy atom. The molecule has 1 aromatic heterocycles. The van der Waals surface area contributed by atoms with Crippen LogP contribution in [-0.4, -0.2) is 24.1 Å². The van der Waals surface area contributed by atoms with Crippen LogP contribution in [0.1, 0.15) is 29.0 Å². The van der Waals surface area contributed by atoms with E-state index in [2.05, 4.69) is 15.8 Å². The van der Waals surface area contributed by atoms with Crippen molar-refractivity contribution in [3.8, 4) is 0 Å². The molecule has 7 nitrogen and oxygen atoms in total. The fourth-order valence-electron chi connectivity index (χ4n) is 2.58. The number of urea groups is 1. The van der Waals surface area contributed by atoms with E-state index in [9.17, 15) is 9.59 Å². The Morgan fingerprint density at radius 3 is 2.56 bits per heavy atom. The first kappa shape index (κ1) is 18.2. The van der Waals surface area contributed by atoms with Crippen molar-refractivity contribution in [2.75, 3.05) is 17.3 Å². The molecule has 2 aromatic carbocycles. The smallest absolute Gasteiger partial charge is 0.319 e. The van der Waals surface area contributed by atoms with Gasteiger partial charge in [-0.1, -0.05) is 29.4 Å². The molecule has 3 rings (SSSR count). The van der Waals surface area contributed by atoms with Gasteiger partial charge in [-0.05, 0) is 37.3 Å². The number of carbonyl (C=O) groups excluding carboxylic acids is 2. The molecule has 3 amide bonds. The van der Waals surface area contributed by atoms with Crippen LogP contribution in [0.2, 0.25) is 0 Å². The highest BCUT2D eigenvalue weighted by Gasteiger charge is 2.15. The van der Waals surface area contributed by atoms with Crippen LogP contribution in [0.3, 0.4) is 0 Å². The topological polar surface area (TPSA) is 87.5 Å². The zero-order valence-electron chi connectivity index (χ0n) is 15.0. The van der Waals surface area contributed by atoms with Crippen LogP contribution in [0.15, 0.2) is 71.4 Å². The van der Waals surface area contributed by atoms with E-state index in [0.29, 0.717) is 16.9 Å². The van der Waals surface area contributed by atoms with Crippen LogP contribution in [0, 0.1) is 0 Å².